The number of carbonyl (C=O) groups is 4. The zero-order chi connectivity index (χ0) is 41.1. The maximum absolute atomic E-state index is 13.8. The number of benzene rings is 2. The summed E-state index contributed by atoms with van der Waals surface area (Å²) in [5.74, 6) is 0.392. The van der Waals surface area contributed by atoms with Crippen molar-refractivity contribution in [3.8, 4) is 11.3 Å². The molecule has 2 fully saturated rings. The molecule has 0 radical (unpaired) electrons. The Morgan fingerprint density at radius 2 is 1.43 bits per heavy atom. The molecule has 15 nitrogen and oxygen atoms in total. The molecule has 3 aliphatic rings. The summed E-state index contributed by atoms with van der Waals surface area (Å²) in [7, 11) is 2.61. The molecule has 7 unspecified atom stereocenters. The number of hydrogen-bond donors (Lipinski definition) is 4. The van der Waals surface area contributed by atoms with E-state index in [0.717, 1.165) is 88.8 Å². The van der Waals surface area contributed by atoms with Crippen LogP contribution in [0, 0.1) is 11.8 Å². The van der Waals surface area contributed by atoms with Gasteiger partial charge in [-0.15, -0.1) is 0 Å². The van der Waals surface area contributed by atoms with Crippen molar-refractivity contribution >= 4 is 51.6 Å². The summed E-state index contributed by atoms with van der Waals surface area (Å²) in [5.41, 5.74) is 6.20. The lowest BCUT2D eigenvalue weighted by Gasteiger charge is -2.33. The third-order valence-corrected chi connectivity index (χ3v) is 12.3. The predicted octanol–water partition coefficient (Wildman–Crippen LogP) is 5.69. The highest BCUT2D eigenvalue weighted by Crippen LogP contribution is 2.34. The van der Waals surface area contributed by atoms with E-state index in [4.69, 9.17) is 24.4 Å². The van der Waals surface area contributed by atoms with Crippen LogP contribution in [0.15, 0.2) is 53.5 Å². The molecule has 4 amide bonds. The standard InChI is InChI=1S/C43H55N9O6/c1-7-24(3)36(49-42(55)57-5)40(53)51-19-9-11-34(51)38-44-23-33(48-38)27-14-17-29-26(21-27)13-16-30(45-29)28-15-18-31-32(22-28)47-39(46-31)35-12-10-20-52(35)41(54)37(25(4)8-2)50-43(56)58-6/h13-18,21-22,24-25,34-38,44H,7-12,19-20,23H2,1-6H3,(H,46,47)(H,49,55)(H,50,56). The van der Waals surface area contributed by atoms with E-state index in [2.05, 4.69) is 33.1 Å². The second-order valence-corrected chi connectivity index (χ2v) is 15.8. The molecule has 4 aromatic rings. The van der Waals surface area contributed by atoms with Gasteiger partial charge in [0.05, 0.1) is 54.3 Å². The number of aromatic nitrogens is 3. The van der Waals surface area contributed by atoms with E-state index < -0.39 is 24.3 Å². The largest absolute Gasteiger partial charge is 0.453 e. The zero-order valence-electron chi connectivity index (χ0n) is 34.2. The van der Waals surface area contributed by atoms with Crippen molar-refractivity contribution in [3.63, 3.8) is 0 Å². The second kappa shape index (κ2) is 17.5. The van der Waals surface area contributed by atoms with Crippen molar-refractivity contribution in [2.75, 3.05) is 33.9 Å². The molecule has 0 bridgehead atoms. The monoisotopic (exact) mass is 793 g/mol. The number of rotatable bonds is 12. The van der Waals surface area contributed by atoms with Crippen LogP contribution in [0.4, 0.5) is 9.59 Å². The van der Waals surface area contributed by atoms with Gasteiger partial charge in [0.25, 0.3) is 0 Å². The van der Waals surface area contributed by atoms with Gasteiger partial charge in [-0.05, 0) is 73.4 Å². The second-order valence-electron chi connectivity index (χ2n) is 15.8. The Morgan fingerprint density at radius 3 is 2.12 bits per heavy atom. The van der Waals surface area contributed by atoms with Crippen LogP contribution in [0.5, 0.6) is 0 Å². The Kier molecular flexibility index (Phi) is 12.3. The summed E-state index contributed by atoms with van der Waals surface area (Å²) < 4.78 is 9.63. The van der Waals surface area contributed by atoms with Crippen LogP contribution in [-0.2, 0) is 19.1 Å². The number of aromatic amines is 1. The highest BCUT2D eigenvalue weighted by Gasteiger charge is 2.41. The fourth-order valence-corrected chi connectivity index (χ4v) is 8.48. The summed E-state index contributed by atoms with van der Waals surface area (Å²) in [6.45, 7) is 9.72. The normalized spacial score (nSPS) is 21.4. The molecule has 2 saturated heterocycles. The van der Waals surface area contributed by atoms with E-state index >= 15 is 0 Å². The third kappa shape index (κ3) is 8.22. The minimum Gasteiger partial charge on any atom is -0.453 e. The lowest BCUT2D eigenvalue weighted by Crippen LogP contribution is -2.55. The number of hydrogen-bond acceptors (Lipinski definition) is 10. The van der Waals surface area contributed by atoms with Crippen LogP contribution in [0.2, 0.25) is 0 Å². The van der Waals surface area contributed by atoms with Crippen molar-refractivity contribution in [1.82, 2.24) is 40.7 Å². The molecule has 4 N–H and O–H groups in total. The van der Waals surface area contributed by atoms with Crippen LogP contribution in [-0.4, -0.2) is 113 Å². The van der Waals surface area contributed by atoms with Gasteiger partial charge in [0.15, 0.2) is 0 Å². The Hall–Kier alpha value is -5.57. The molecule has 2 aromatic heterocycles. The molecule has 58 heavy (non-hydrogen) atoms. The first-order valence-electron chi connectivity index (χ1n) is 20.5. The van der Waals surface area contributed by atoms with Gasteiger partial charge in [-0.25, -0.2) is 19.6 Å². The Bertz CT molecular complexity index is 2210. The van der Waals surface area contributed by atoms with Crippen molar-refractivity contribution in [2.45, 2.75) is 96.6 Å². The van der Waals surface area contributed by atoms with E-state index in [1.807, 2.05) is 73.9 Å². The minimum absolute atomic E-state index is 0.0457. The smallest absolute Gasteiger partial charge is 0.407 e. The van der Waals surface area contributed by atoms with Crippen molar-refractivity contribution in [3.05, 3.63) is 59.9 Å². The molecule has 5 heterocycles. The number of imidazole rings is 1. The molecule has 3 aliphatic heterocycles. The van der Waals surface area contributed by atoms with Gasteiger partial charge in [-0.3, -0.25) is 19.9 Å². The number of amides is 4. The van der Waals surface area contributed by atoms with Gasteiger partial charge in [0, 0.05) is 30.6 Å². The van der Waals surface area contributed by atoms with Crippen molar-refractivity contribution < 1.29 is 28.7 Å². The van der Waals surface area contributed by atoms with E-state index in [-0.39, 0.29) is 41.9 Å². The van der Waals surface area contributed by atoms with Crippen LogP contribution >= 0.6 is 0 Å². The molecule has 0 aliphatic carbocycles. The molecule has 7 rings (SSSR count). The highest BCUT2D eigenvalue weighted by molar-refractivity contribution is 6.05. The molecule has 0 saturated carbocycles. The Labute approximate surface area is 338 Å². The van der Waals surface area contributed by atoms with E-state index in [1.54, 1.807) is 0 Å². The summed E-state index contributed by atoms with van der Waals surface area (Å²) in [6, 6.07) is 14.6. The first kappa shape index (κ1) is 40.6. The summed E-state index contributed by atoms with van der Waals surface area (Å²) in [4.78, 5) is 74.0. The van der Waals surface area contributed by atoms with Gasteiger partial charge in [-0.2, -0.15) is 0 Å². The number of aliphatic imine (C=N–C) groups is 1. The Balaban J connectivity index is 1.06. The molecule has 15 heteroatoms. The number of pyridine rings is 1. The fraction of sp³-hybridized carbons (Fsp3) is 0.512. The number of fused-ring (bicyclic) bond motifs is 2. The number of nitrogens with zero attached hydrogens (tertiary/aromatic N) is 5. The van der Waals surface area contributed by atoms with Crippen molar-refractivity contribution in [1.29, 1.82) is 0 Å². The van der Waals surface area contributed by atoms with Crippen LogP contribution in [0.3, 0.4) is 0 Å². The molecular formula is C43H55N9O6. The highest BCUT2D eigenvalue weighted by atomic mass is 16.5. The average molecular weight is 794 g/mol. The molecule has 0 spiro atoms. The van der Waals surface area contributed by atoms with Gasteiger partial charge in [0.1, 0.15) is 24.1 Å². The van der Waals surface area contributed by atoms with Crippen LogP contribution in [0.25, 0.3) is 33.2 Å². The molecular weight excluding hydrogens is 739 g/mol. The van der Waals surface area contributed by atoms with E-state index in [1.165, 1.54) is 14.2 Å². The maximum atomic E-state index is 13.8. The quantitative estimate of drug-likeness (QED) is 0.140. The predicted molar refractivity (Wildman–Crippen MR) is 221 cm³/mol. The summed E-state index contributed by atoms with van der Waals surface area (Å²) >= 11 is 0. The minimum atomic E-state index is -0.685. The SMILES string of the molecule is CCC(C)C(NC(=O)OC)C(=O)N1CCCC1c1nc2ccc(-c3ccc4cc(C5=NC(C6CCCN6C(=O)C(NC(=O)OC)C(C)CC)NC5)ccc4n3)cc2[nH]1. The number of methoxy groups -OCH3 is 2. The van der Waals surface area contributed by atoms with Crippen molar-refractivity contribution in [2.24, 2.45) is 16.8 Å². The zero-order valence-corrected chi connectivity index (χ0v) is 34.2. The number of carbonyl (C=O) groups excluding carboxylic acids is 4. The average Bonchev–Trinajstić information content (AvgIpc) is 4.09. The number of nitrogens with one attached hydrogen (secondary N) is 4. The number of likely N-dealkylation sites (tertiary alicyclic amines) is 2. The molecule has 7 atom stereocenters. The number of ether oxygens (including phenoxy) is 2. The molecule has 2 aromatic carbocycles. The van der Waals surface area contributed by atoms with E-state index in [9.17, 15) is 19.2 Å². The number of H-pyrrole nitrogens is 1. The third-order valence-electron chi connectivity index (χ3n) is 12.3. The fourth-order valence-electron chi connectivity index (χ4n) is 8.48. The summed E-state index contributed by atoms with van der Waals surface area (Å²) in [6.07, 6.45) is 3.32. The topological polar surface area (TPSA) is 183 Å². The first-order chi connectivity index (χ1) is 28.0. The van der Waals surface area contributed by atoms with Gasteiger partial charge in [-0.1, -0.05) is 58.7 Å². The van der Waals surface area contributed by atoms with Crippen LogP contribution < -0.4 is 16.0 Å². The van der Waals surface area contributed by atoms with Gasteiger partial charge < -0.3 is 34.9 Å². The summed E-state index contributed by atoms with van der Waals surface area (Å²) in [5, 5.41) is 10.0. The van der Waals surface area contributed by atoms with E-state index in [0.29, 0.717) is 19.6 Å². The van der Waals surface area contributed by atoms with Crippen LogP contribution in [0.1, 0.15) is 83.6 Å². The lowest BCUT2D eigenvalue weighted by atomic mass is 9.97. The maximum Gasteiger partial charge on any atom is 0.407 e. The van der Waals surface area contributed by atoms with Gasteiger partial charge >= 0.3 is 12.2 Å². The Morgan fingerprint density at radius 1 is 0.793 bits per heavy atom. The first-order valence-corrected chi connectivity index (χ1v) is 20.5. The molecule has 308 valence electrons. The lowest BCUT2D eigenvalue weighted by molar-refractivity contribution is -0.136. The van der Waals surface area contributed by atoms with Gasteiger partial charge in [0.2, 0.25) is 11.8 Å². The number of alkyl carbamates (subject to hydrolysis) is 2.